The number of nitrogens with two attached hydrogens (primary N) is 1. The van der Waals surface area contributed by atoms with Crippen LogP contribution in [0.3, 0.4) is 0 Å². The van der Waals surface area contributed by atoms with E-state index in [1.807, 2.05) is 0 Å². The molecule has 5 heteroatoms. The van der Waals surface area contributed by atoms with Crippen molar-refractivity contribution in [3.8, 4) is 11.5 Å². The van der Waals surface area contributed by atoms with Gasteiger partial charge >= 0.3 is 0 Å². The Morgan fingerprint density at radius 2 is 1.75 bits per heavy atom. The number of amides is 1. The molecule has 2 aromatic rings. The number of rotatable bonds is 4. The van der Waals surface area contributed by atoms with Crippen molar-refractivity contribution in [3.05, 3.63) is 58.1 Å². The van der Waals surface area contributed by atoms with Crippen LogP contribution in [0.25, 0.3) is 0 Å². The van der Waals surface area contributed by atoms with Crippen molar-refractivity contribution in [2.24, 2.45) is 5.73 Å². The highest BCUT2D eigenvalue weighted by Crippen LogP contribution is 2.30. The first-order valence-electron chi connectivity index (χ1n) is 5.86. The van der Waals surface area contributed by atoms with Gasteiger partial charge in [-0.1, -0.05) is 28.1 Å². The molecule has 0 atom stereocenters. The molecule has 2 rings (SSSR count). The Kier molecular flexibility index (Phi) is 4.20. The number of ketones is 1. The predicted octanol–water partition coefficient (Wildman–Crippen LogP) is 3.54. The van der Waals surface area contributed by atoms with Crippen LogP contribution in [0, 0.1) is 0 Å². The zero-order chi connectivity index (χ0) is 14.7. The molecule has 0 aliphatic carbocycles. The maximum Gasteiger partial charge on any atom is 0.252 e. The summed E-state index contributed by atoms with van der Waals surface area (Å²) in [4.78, 5) is 23.0. The van der Waals surface area contributed by atoms with E-state index < -0.39 is 5.91 Å². The molecule has 102 valence electrons. The van der Waals surface area contributed by atoms with Crippen molar-refractivity contribution >= 4 is 27.6 Å². The van der Waals surface area contributed by atoms with Gasteiger partial charge in [0.15, 0.2) is 5.78 Å². The SMILES string of the molecule is CC(=O)c1ccc(Br)cc1Oc1ccccc1C(N)=O. The number of Topliss-reactive ketones (excluding diaryl/α,β-unsaturated/α-hetero) is 1. The summed E-state index contributed by atoms with van der Waals surface area (Å²) in [6.45, 7) is 1.45. The summed E-state index contributed by atoms with van der Waals surface area (Å²) >= 11 is 3.32. The van der Waals surface area contributed by atoms with E-state index in [-0.39, 0.29) is 11.3 Å². The highest BCUT2D eigenvalue weighted by Gasteiger charge is 2.14. The molecule has 2 N–H and O–H groups in total. The quantitative estimate of drug-likeness (QED) is 0.870. The largest absolute Gasteiger partial charge is 0.456 e. The van der Waals surface area contributed by atoms with Crippen molar-refractivity contribution in [1.82, 2.24) is 0 Å². The molecule has 0 heterocycles. The average Bonchev–Trinajstić information content (AvgIpc) is 2.38. The highest BCUT2D eigenvalue weighted by molar-refractivity contribution is 9.10. The first-order chi connectivity index (χ1) is 9.49. The number of primary amides is 1. The number of benzene rings is 2. The van der Waals surface area contributed by atoms with Crippen LogP contribution >= 0.6 is 15.9 Å². The lowest BCUT2D eigenvalue weighted by atomic mass is 10.1. The van der Waals surface area contributed by atoms with Crippen molar-refractivity contribution in [2.75, 3.05) is 0 Å². The van der Waals surface area contributed by atoms with Crippen LogP contribution in [-0.2, 0) is 0 Å². The molecule has 0 fully saturated rings. The summed E-state index contributed by atoms with van der Waals surface area (Å²) in [6.07, 6.45) is 0. The van der Waals surface area contributed by atoms with Crippen LogP contribution in [0.5, 0.6) is 11.5 Å². The van der Waals surface area contributed by atoms with Gasteiger partial charge in [0, 0.05) is 4.47 Å². The van der Waals surface area contributed by atoms with E-state index in [1.54, 1.807) is 42.5 Å². The molecule has 0 spiro atoms. The van der Waals surface area contributed by atoms with Crippen LogP contribution in [0.15, 0.2) is 46.9 Å². The molecule has 20 heavy (non-hydrogen) atoms. The lowest BCUT2D eigenvalue weighted by molar-refractivity contribution is 0.0996. The fourth-order valence-electron chi connectivity index (χ4n) is 1.75. The van der Waals surface area contributed by atoms with Crippen LogP contribution < -0.4 is 10.5 Å². The Bertz CT molecular complexity index is 683. The maximum atomic E-state index is 11.6. The lowest BCUT2D eigenvalue weighted by Gasteiger charge is -2.12. The Labute approximate surface area is 124 Å². The van der Waals surface area contributed by atoms with Crippen LogP contribution in [0.4, 0.5) is 0 Å². The minimum absolute atomic E-state index is 0.121. The van der Waals surface area contributed by atoms with E-state index in [4.69, 9.17) is 10.5 Å². The smallest absolute Gasteiger partial charge is 0.252 e. The van der Waals surface area contributed by atoms with Gasteiger partial charge in [0.2, 0.25) is 0 Å². The summed E-state index contributed by atoms with van der Waals surface area (Å²) < 4.78 is 6.46. The van der Waals surface area contributed by atoms with Gasteiger partial charge in [0.05, 0.1) is 11.1 Å². The van der Waals surface area contributed by atoms with Gasteiger partial charge in [-0.2, -0.15) is 0 Å². The molecule has 2 aromatic carbocycles. The van der Waals surface area contributed by atoms with E-state index in [0.717, 1.165) is 4.47 Å². The van der Waals surface area contributed by atoms with Crippen molar-refractivity contribution in [2.45, 2.75) is 6.92 Å². The molecule has 0 aliphatic rings. The Hall–Kier alpha value is -2.14. The number of carbonyl (C=O) groups excluding carboxylic acids is 2. The van der Waals surface area contributed by atoms with Gasteiger partial charge in [-0.25, -0.2) is 0 Å². The molecule has 4 nitrogen and oxygen atoms in total. The van der Waals surface area contributed by atoms with E-state index in [0.29, 0.717) is 17.1 Å². The molecular formula is C15H12BrNO3. The molecule has 0 saturated heterocycles. The number of ether oxygens (including phenoxy) is 1. The number of carbonyl (C=O) groups is 2. The highest BCUT2D eigenvalue weighted by atomic mass is 79.9. The fourth-order valence-corrected chi connectivity index (χ4v) is 2.09. The van der Waals surface area contributed by atoms with Gasteiger partial charge in [-0.3, -0.25) is 9.59 Å². The molecule has 0 radical (unpaired) electrons. The summed E-state index contributed by atoms with van der Waals surface area (Å²) in [7, 11) is 0. The van der Waals surface area contributed by atoms with Gasteiger partial charge in [-0.05, 0) is 37.3 Å². The van der Waals surface area contributed by atoms with Crippen molar-refractivity contribution < 1.29 is 14.3 Å². The molecule has 0 aromatic heterocycles. The monoisotopic (exact) mass is 333 g/mol. The van der Waals surface area contributed by atoms with E-state index in [2.05, 4.69) is 15.9 Å². The summed E-state index contributed by atoms with van der Waals surface area (Å²) in [5.74, 6) is -0.00907. The minimum Gasteiger partial charge on any atom is -0.456 e. The second-order valence-electron chi connectivity index (χ2n) is 4.16. The molecular weight excluding hydrogens is 322 g/mol. The lowest BCUT2D eigenvalue weighted by Crippen LogP contribution is -2.12. The second-order valence-corrected chi connectivity index (χ2v) is 5.07. The van der Waals surface area contributed by atoms with E-state index in [1.165, 1.54) is 6.92 Å². The normalized spacial score (nSPS) is 10.1. The maximum absolute atomic E-state index is 11.6. The van der Waals surface area contributed by atoms with Crippen molar-refractivity contribution in [1.29, 1.82) is 0 Å². The van der Waals surface area contributed by atoms with E-state index >= 15 is 0 Å². The van der Waals surface area contributed by atoms with Crippen LogP contribution in [0.1, 0.15) is 27.6 Å². The number of para-hydroxylation sites is 1. The summed E-state index contributed by atoms with van der Waals surface area (Å²) in [6, 6.07) is 11.7. The van der Waals surface area contributed by atoms with Gasteiger partial charge < -0.3 is 10.5 Å². The molecule has 1 amide bonds. The fraction of sp³-hybridized carbons (Fsp3) is 0.0667. The average molecular weight is 334 g/mol. The Morgan fingerprint density at radius 3 is 2.40 bits per heavy atom. The molecule has 0 bridgehead atoms. The number of halogens is 1. The van der Waals surface area contributed by atoms with Gasteiger partial charge in [-0.15, -0.1) is 0 Å². The van der Waals surface area contributed by atoms with Gasteiger partial charge in [0.25, 0.3) is 5.91 Å². The van der Waals surface area contributed by atoms with Crippen molar-refractivity contribution in [3.63, 3.8) is 0 Å². The third-order valence-corrected chi connectivity index (χ3v) is 3.19. The second kappa shape index (κ2) is 5.88. The van der Waals surface area contributed by atoms with Crippen LogP contribution in [-0.4, -0.2) is 11.7 Å². The third kappa shape index (κ3) is 3.05. The predicted molar refractivity (Wildman–Crippen MR) is 79.2 cm³/mol. The van der Waals surface area contributed by atoms with E-state index in [9.17, 15) is 9.59 Å². The molecule has 0 saturated carbocycles. The minimum atomic E-state index is -0.583. The number of hydrogen-bond acceptors (Lipinski definition) is 3. The summed E-state index contributed by atoms with van der Waals surface area (Å²) in [5, 5.41) is 0. The first-order valence-corrected chi connectivity index (χ1v) is 6.65. The zero-order valence-electron chi connectivity index (χ0n) is 10.7. The Balaban J connectivity index is 2.47. The molecule has 0 aliphatic heterocycles. The number of hydrogen-bond donors (Lipinski definition) is 1. The van der Waals surface area contributed by atoms with Gasteiger partial charge in [0.1, 0.15) is 11.5 Å². The third-order valence-electron chi connectivity index (χ3n) is 2.70. The Morgan fingerprint density at radius 1 is 1.05 bits per heavy atom. The standard InChI is InChI=1S/C15H12BrNO3/c1-9(18)11-7-6-10(16)8-14(11)20-13-5-3-2-4-12(13)15(17)19/h2-8H,1H3,(H2,17,19). The first kappa shape index (κ1) is 14.3. The summed E-state index contributed by atoms with van der Waals surface area (Å²) in [5.41, 5.74) is 6.00. The topological polar surface area (TPSA) is 69.4 Å². The zero-order valence-corrected chi connectivity index (χ0v) is 12.3. The molecule has 0 unspecified atom stereocenters. The van der Waals surface area contributed by atoms with Crippen LogP contribution in [0.2, 0.25) is 0 Å².